The molecule has 1 atom stereocenters. The topological polar surface area (TPSA) is 47.5 Å². The average molecular weight is 466 g/mol. The first-order valence-electron chi connectivity index (χ1n) is 12.1. The van der Waals surface area contributed by atoms with Crippen LogP contribution in [-0.4, -0.2) is 20.8 Å². The van der Waals surface area contributed by atoms with E-state index in [1.54, 1.807) is 0 Å². The third-order valence-electron chi connectivity index (χ3n) is 6.95. The highest BCUT2D eigenvalue weighted by Crippen LogP contribution is 2.43. The quantitative estimate of drug-likeness (QED) is 0.290. The number of para-hydroxylation sites is 3. The van der Waals surface area contributed by atoms with Crippen LogP contribution in [-0.2, 0) is 0 Å². The van der Waals surface area contributed by atoms with Crippen molar-refractivity contribution in [2.75, 3.05) is 0 Å². The summed E-state index contributed by atoms with van der Waals surface area (Å²) in [7, 11) is 0. The highest BCUT2D eigenvalue weighted by atomic mass is 15.2. The van der Waals surface area contributed by atoms with E-state index in [1.807, 2.05) is 31.3 Å². The van der Waals surface area contributed by atoms with Crippen molar-refractivity contribution in [2.24, 2.45) is 9.98 Å². The normalized spacial score (nSPS) is 15.0. The number of pyridine rings is 1. The summed E-state index contributed by atoms with van der Waals surface area (Å²) in [6.07, 6.45) is 8.13. The number of fused-ring (bicyclic) bond motifs is 6. The fraction of sp³-hybridized carbons (Fsp3) is 0.0645. The van der Waals surface area contributed by atoms with Crippen LogP contribution in [0.2, 0.25) is 0 Å². The van der Waals surface area contributed by atoms with Gasteiger partial charge in [-0.25, -0.2) is 0 Å². The minimum Gasteiger partial charge on any atom is -0.311 e. The molecule has 172 valence electrons. The van der Waals surface area contributed by atoms with Gasteiger partial charge in [0.15, 0.2) is 0 Å². The molecule has 1 aliphatic rings. The first kappa shape index (κ1) is 20.6. The van der Waals surface area contributed by atoms with Gasteiger partial charge in [0.05, 0.1) is 38.8 Å². The molecule has 0 fully saturated rings. The Labute approximate surface area is 207 Å². The number of nitrogens with zero attached hydrogens (tertiary/aromatic N) is 5. The zero-order valence-corrected chi connectivity index (χ0v) is 19.8. The van der Waals surface area contributed by atoms with Crippen LogP contribution in [0.15, 0.2) is 101 Å². The molecule has 6 aromatic rings. The average Bonchev–Trinajstić information content (AvgIpc) is 3.58. The maximum atomic E-state index is 5.11. The van der Waals surface area contributed by atoms with Gasteiger partial charge in [-0.05, 0) is 55.3 Å². The Kier molecular flexibility index (Phi) is 4.51. The predicted molar refractivity (Wildman–Crippen MR) is 149 cm³/mol. The maximum Gasteiger partial charge on any atom is 0.146 e. The molecule has 4 heterocycles. The van der Waals surface area contributed by atoms with Gasteiger partial charge in [-0.2, -0.15) is 0 Å². The molecule has 5 heteroatoms. The monoisotopic (exact) mass is 465 g/mol. The summed E-state index contributed by atoms with van der Waals surface area (Å²) < 4.78 is 4.60. The van der Waals surface area contributed by atoms with Gasteiger partial charge in [-0.15, -0.1) is 0 Å². The van der Waals surface area contributed by atoms with Crippen molar-refractivity contribution in [3.63, 3.8) is 0 Å². The van der Waals surface area contributed by atoms with Crippen molar-refractivity contribution >= 4 is 57.4 Å². The largest absolute Gasteiger partial charge is 0.311 e. The highest BCUT2D eigenvalue weighted by Gasteiger charge is 2.26. The van der Waals surface area contributed by atoms with Crippen molar-refractivity contribution in [1.82, 2.24) is 14.1 Å². The third-order valence-corrected chi connectivity index (χ3v) is 6.95. The lowest BCUT2D eigenvalue weighted by molar-refractivity contribution is 0.707. The first-order valence-corrected chi connectivity index (χ1v) is 12.1. The minimum absolute atomic E-state index is 0.179. The Bertz CT molecular complexity index is 1940. The van der Waals surface area contributed by atoms with E-state index in [4.69, 9.17) is 9.98 Å². The Morgan fingerprint density at radius 2 is 1.67 bits per heavy atom. The summed E-state index contributed by atoms with van der Waals surface area (Å²) in [6, 6.07) is 27.2. The number of hydrogen-bond donors (Lipinski definition) is 0. The molecule has 0 aliphatic carbocycles. The number of hydrogen-bond acceptors (Lipinski definition) is 3. The molecule has 0 saturated carbocycles. The van der Waals surface area contributed by atoms with E-state index in [-0.39, 0.29) is 6.17 Å². The van der Waals surface area contributed by atoms with Crippen molar-refractivity contribution < 1.29 is 0 Å². The van der Waals surface area contributed by atoms with Crippen LogP contribution in [0.25, 0.3) is 50.7 Å². The molecule has 1 aliphatic heterocycles. The van der Waals surface area contributed by atoms with Crippen LogP contribution < -0.4 is 10.6 Å². The lowest BCUT2D eigenvalue weighted by Gasteiger charge is -2.14. The zero-order chi connectivity index (χ0) is 24.2. The zero-order valence-electron chi connectivity index (χ0n) is 19.8. The van der Waals surface area contributed by atoms with Crippen LogP contribution in [0.1, 0.15) is 18.8 Å². The standard InChI is InChI=1S/C31H23N5/c1-3-11-26-28(32-2)23-19-33-29-22-15-8-10-17-25(22)36(27-18-20-12-7-9-16-24(20)34-27)31(29)30(23)35(26)21-13-5-4-6-14-21/h3-19,27H,2H2,1H3/b11-3-. The summed E-state index contributed by atoms with van der Waals surface area (Å²) in [4.78, 5) is 14.6. The van der Waals surface area contributed by atoms with Crippen molar-refractivity contribution in [2.45, 2.75) is 13.1 Å². The van der Waals surface area contributed by atoms with Gasteiger partial charge in [0.1, 0.15) is 6.17 Å². The molecule has 1 unspecified atom stereocenters. The summed E-state index contributed by atoms with van der Waals surface area (Å²) in [6.45, 7) is 5.95. The Hall–Kier alpha value is -4.77. The molecule has 0 bridgehead atoms. The molecule has 5 nitrogen and oxygen atoms in total. The summed E-state index contributed by atoms with van der Waals surface area (Å²) in [5.41, 5.74) is 7.02. The van der Waals surface area contributed by atoms with Crippen molar-refractivity contribution in [3.8, 4) is 5.69 Å². The highest BCUT2D eigenvalue weighted by molar-refractivity contribution is 6.18. The summed E-state index contributed by atoms with van der Waals surface area (Å²) in [5.74, 6) is 0. The molecule has 0 spiro atoms. The predicted octanol–water partition coefficient (Wildman–Crippen LogP) is 6.11. The molecule has 0 saturated heterocycles. The second-order valence-electron chi connectivity index (χ2n) is 8.94. The van der Waals surface area contributed by atoms with Crippen molar-refractivity contribution in [3.05, 3.63) is 107 Å². The molecule has 7 rings (SSSR count). The number of allylic oxidation sites excluding steroid dienone is 1. The van der Waals surface area contributed by atoms with Gasteiger partial charge in [-0.1, -0.05) is 60.7 Å². The fourth-order valence-electron chi connectivity index (χ4n) is 5.50. The Morgan fingerprint density at radius 3 is 2.47 bits per heavy atom. The van der Waals surface area contributed by atoms with Crippen LogP contribution in [0.5, 0.6) is 0 Å². The lowest BCUT2D eigenvalue weighted by atomic mass is 10.2. The van der Waals surface area contributed by atoms with Crippen LogP contribution >= 0.6 is 0 Å². The SMILES string of the molecule is C=Nc1c(/C=C\C)n(-c2ccccc2)c2c1cnc1c3ccccc3n(C3C=c4ccccc4=N3)c12. The van der Waals surface area contributed by atoms with E-state index in [9.17, 15) is 0 Å². The van der Waals surface area contributed by atoms with E-state index < -0.39 is 0 Å². The van der Waals surface area contributed by atoms with E-state index in [1.165, 1.54) is 0 Å². The Morgan fingerprint density at radius 1 is 0.889 bits per heavy atom. The van der Waals surface area contributed by atoms with Crippen LogP contribution in [0, 0.1) is 0 Å². The number of aromatic nitrogens is 3. The number of benzene rings is 3. The second-order valence-corrected chi connectivity index (χ2v) is 8.94. The van der Waals surface area contributed by atoms with Gasteiger partial charge in [0.2, 0.25) is 0 Å². The van der Waals surface area contributed by atoms with E-state index in [0.717, 1.165) is 60.5 Å². The summed E-state index contributed by atoms with van der Waals surface area (Å²) in [5, 5.41) is 4.23. The molecular formula is C31H23N5. The molecule has 0 N–H and O–H groups in total. The minimum atomic E-state index is -0.179. The van der Waals surface area contributed by atoms with Gasteiger partial charge in [-0.3, -0.25) is 15.0 Å². The smallest absolute Gasteiger partial charge is 0.146 e. The van der Waals surface area contributed by atoms with Gasteiger partial charge in [0.25, 0.3) is 0 Å². The van der Waals surface area contributed by atoms with Crippen LogP contribution in [0.4, 0.5) is 5.69 Å². The molecular weight excluding hydrogens is 442 g/mol. The number of rotatable bonds is 4. The lowest BCUT2D eigenvalue weighted by Crippen LogP contribution is -2.19. The second kappa shape index (κ2) is 7.89. The molecule has 0 radical (unpaired) electrons. The van der Waals surface area contributed by atoms with Crippen LogP contribution in [0.3, 0.4) is 0 Å². The third kappa shape index (κ3) is 2.80. The van der Waals surface area contributed by atoms with Gasteiger partial charge >= 0.3 is 0 Å². The fourth-order valence-corrected chi connectivity index (χ4v) is 5.50. The molecule has 0 amide bonds. The van der Waals surface area contributed by atoms with E-state index >= 15 is 0 Å². The molecule has 3 aromatic carbocycles. The van der Waals surface area contributed by atoms with E-state index in [2.05, 4.69) is 99.7 Å². The number of aliphatic imine (C=N–C) groups is 1. The van der Waals surface area contributed by atoms with Gasteiger partial charge < -0.3 is 9.13 Å². The van der Waals surface area contributed by atoms with Gasteiger partial charge in [0, 0.05) is 22.7 Å². The van der Waals surface area contributed by atoms with Crippen molar-refractivity contribution in [1.29, 1.82) is 0 Å². The molecule has 36 heavy (non-hydrogen) atoms. The maximum absolute atomic E-state index is 5.11. The first-order chi connectivity index (χ1) is 17.8. The Balaban J connectivity index is 1.72. The van der Waals surface area contributed by atoms with E-state index in [0.29, 0.717) is 0 Å². The molecule has 3 aromatic heterocycles. The summed E-state index contributed by atoms with van der Waals surface area (Å²) >= 11 is 0.